The van der Waals surface area contributed by atoms with Crippen molar-refractivity contribution in [1.82, 2.24) is 5.32 Å². The molecule has 0 amide bonds. The lowest BCUT2D eigenvalue weighted by Gasteiger charge is -2.16. The van der Waals surface area contributed by atoms with Crippen molar-refractivity contribution in [2.75, 3.05) is 13.7 Å². The Hall–Kier alpha value is -1.27. The lowest BCUT2D eigenvalue weighted by Crippen LogP contribution is -2.36. The van der Waals surface area contributed by atoms with Gasteiger partial charge in [-0.25, -0.2) is 0 Å². The summed E-state index contributed by atoms with van der Waals surface area (Å²) in [6.45, 7) is 4.95. The summed E-state index contributed by atoms with van der Waals surface area (Å²) in [5.41, 5.74) is 0.943. The molecule has 0 unspecified atom stereocenters. The topological polar surface area (TPSA) is 67.8 Å². The maximum Gasteiger partial charge on any atom is 0.320 e. The average molecular weight is 374 g/mol. The molecule has 124 valence electrons. The number of hydrogen-bond acceptors (Lipinski definition) is 4. The van der Waals surface area contributed by atoms with Crippen LogP contribution in [0.25, 0.3) is 0 Å². The number of benzene rings is 1. The summed E-state index contributed by atoms with van der Waals surface area (Å²) in [6.07, 6.45) is 2.50. The van der Waals surface area contributed by atoms with Crippen molar-refractivity contribution in [1.29, 1.82) is 0 Å². The number of carboxylic acid groups (broad SMARTS) is 1. The molecule has 0 aromatic heterocycles. The Morgan fingerprint density at radius 2 is 2.14 bits per heavy atom. The third-order valence-electron chi connectivity index (χ3n) is 3.27. The molecule has 0 aliphatic rings. The third-order valence-corrected chi connectivity index (χ3v) is 3.86. The second kappa shape index (κ2) is 9.69. The van der Waals surface area contributed by atoms with Gasteiger partial charge in [0.1, 0.15) is 6.04 Å². The van der Waals surface area contributed by atoms with Gasteiger partial charge in [0.2, 0.25) is 0 Å². The molecule has 0 spiro atoms. The van der Waals surface area contributed by atoms with E-state index in [-0.39, 0.29) is 0 Å². The molecule has 0 saturated heterocycles. The fourth-order valence-corrected chi connectivity index (χ4v) is 2.80. The van der Waals surface area contributed by atoms with Crippen LogP contribution in [-0.2, 0) is 11.3 Å². The number of rotatable bonds is 10. The first-order chi connectivity index (χ1) is 10.5. The van der Waals surface area contributed by atoms with Crippen LogP contribution in [0.4, 0.5) is 0 Å². The van der Waals surface area contributed by atoms with Gasteiger partial charge in [-0.2, -0.15) is 0 Å². The molecular formula is C16H24BrNO4. The van der Waals surface area contributed by atoms with Crippen LogP contribution in [0.15, 0.2) is 16.6 Å². The van der Waals surface area contributed by atoms with Gasteiger partial charge in [-0.3, -0.25) is 4.79 Å². The number of aliphatic carboxylic acids is 1. The summed E-state index contributed by atoms with van der Waals surface area (Å²) in [4.78, 5) is 11.2. The summed E-state index contributed by atoms with van der Waals surface area (Å²) in [6, 6.07) is 3.25. The van der Waals surface area contributed by atoms with Crippen LogP contribution in [-0.4, -0.2) is 30.8 Å². The van der Waals surface area contributed by atoms with Crippen molar-refractivity contribution < 1.29 is 19.4 Å². The summed E-state index contributed by atoms with van der Waals surface area (Å²) in [5.74, 6) is 0.481. The van der Waals surface area contributed by atoms with Gasteiger partial charge in [0, 0.05) is 6.54 Å². The Morgan fingerprint density at radius 3 is 2.68 bits per heavy atom. The van der Waals surface area contributed by atoms with Gasteiger partial charge in [0.05, 0.1) is 18.2 Å². The fourth-order valence-electron chi connectivity index (χ4n) is 2.15. The molecular weight excluding hydrogens is 350 g/mol. The minimum Gasteiger partial charge on any atom is -0.492 e. The van der Waals surface area contributed by atoms with Gasteiger partial charge in [-0.15, -0.1) is 0 Å². The second-order valence-corrected chi connectivity index (χ2v) is 5.81. The number of carbonyl (C=O) groups is 1. The van der Waals surface area contributed by atoms with Crippen molar-refractivity contribution in [3.05, 3.63) is 22.2 Å². The summed E-state index contributed by atoms with van der Waals surface area (Å²) in [7, 11) is 1.59. The van der Waals surface area contributed by atoms with E-state index in [2.05, 4.69) is 21.2 Å². The van der Waals surface area contributed by atoms with Gasteiger partial charge in [-0.05, 0) is 47.0 Å². The number of unbranched alkanes of at least 4 members (excludes halogenated alkanes) is 1. The molecule has 1 aromatic rings. The first-order valence-corrected chi connectivity index (χ1v) is 8.28. The highest BCUT2D eigenvalue weighted by molar-refractivity contribution is 9.10. The number of halogens is 1. The molecule has 0 bridgehead atoms. The third kappa shape index (κ3) is 5.50. The van der Waals surface area contributed by atoms with Crippen molar-refractivity contribution in [3.63, 3.8) is 0 Å². The molecule has 0 saturated carbocycles. The van der Waals surface area contributed by atoms with E-state index in [1.165, 1.54) is 0 Å². The molecule has 2 N–H and O–H groups in total. The lowest BCUT2D eigenvalue weighted by atomic mass is 10.1. The van der Waals surface area contributed by atoms with E-state index in [0.29, 0.717) is 31.1 Å². The molecule has 1 atom stereocenters. The highest BCUT2D eigenvalue weighted by atomic mass is 79.9. The van der Waals surface area contributed by atoms with Crippen LogP contribution in [0, 0.1) is 0 Å². The Bertz CT molecular complexity index is 493. The van der Waals surface area contributed by atoms with Crippen molar-refractivity contribution in [3.8, 4) is 11.5 Å². The standard InChI is InChI=1S/C16H24BrNO4/c1-4-6-7-13(16(19)20)18-10-11-8-12(17)15(21-3)14(9-11)22-5-2/h8-9,13,18H,4-7,10H2,1-3H3,(H,19,20)/t13-/m0/s1. The van der Waals surface area contributed by atoms with Crippen molar-refractivity contribution >= 4 is 21.9 Å². The van der Waals surface area contributed by atoms with Crippen LogP contribution < -0.4 is 14.8 Å². The zero-order chi connectivity index (χ0) is 16.5. The molecule has 0 heterocycles. The Labute approximate surface area is 140 Å². The predicted molar refractivity (Wildman–Crippen MR) is 89.7 cm³/mol. The van der Waals surface area contributed by atoms with E-state index in [1.54, 1.807) is 7.11 Å². The van der Waals surface area contributed by atoms with E-state index in [9.17, 15) is 9.90 Å². The smallest absolute Gasteiger partial charge is 0.320 e. The Morgan fingerprint density at radius 1 is 1.41 bits per heavy atom. The molecule has 0 aliphatic carbocycles. The quantitative estimate of drug-likeness (QED) is 0.655. The predicted octanol–water partition coefficient (Wildman–Crippen LogP) is 3.59. The number of nitrogens with one attached hydrogen (secondary N) is 1. The average Bonchev–Trinajstić information content (AvgIpc) is 2.47. The second-order valence-electron chi connectivity index (χ2n) is 4.96. The maximum absolute atomic E-state index is 11.2. The van der Waals surface area contributed by atoms with E-state index in [0.717, 1.165) is 22.9 Å². The Kier molecular flexibility index (Phi) is 8.27. The molecule has 1 aromatic carbocycles. The molecule has 0 radical (unpaired) electrons. The largest absolute Gasteiger partial charge is 0.492 e. The van der Waals surface area contributed by atoms with Crippen LogP contribution in [0.1, 0.15) is 38.7 Å². The number of ether oxygens (including phenoxy) is 2. The fraction of sp³-hybridized carbons (Fsp3) is 0.562. The maximum atomic E-state index is 11.2. The van der Waals surface area contributed by atoms with E-state index < -0.39 is 12.0 Å². The molecule has 0 aliphatic heterocycles. The first kappa shape index (κ1) is 18.8. The highest BCUT2D eigenvalue weighted by Gasteiger charge is 2.17. The van der Waals surface area contributed by atoms with Crippen LogP contribution >= 0.6 is 15.9 Å². The molecule has 5 nitrogen and oxygen atoms in total. The summed E-state index contributed by atoms with van der Waals surface area (Å²) < 4.78 is 11.7. The van der Waals surface area contributed by atoms with Crippen LogP contribution in [0.2, 0.25) is 0 Å². The monoisotopic (exact) mass is 373 g/mol. The van der Waals surface area contributed by atoms with E-state index in [1.807, 2.05) is 26.0 Å². The van der Waals surface area contributed by atoms with Gasteiger partial charge in [0.25, 0.3) is 0 Å². The SMILES string of the molecule is CCCC[C@H](NCc1cc(Br)c(OC)c(OCC)c1)C(=O)O. The van der Waals surface area contributed by atoms with Gasteiger partial charge < -0.3 is 19.9 Å². The van der Waals surface area contributed by atoms with Crippen LogP contribution in [0.5, 0.6) is 11.5 Å². The number of hydrogen-bond donors (Lipinski definition) is 2. The molecule has 6 heteroatoms. The molecule has 1 rings (SSSR count). The minimum absolute atomic E-state index is 0.462. The van der Waals surface area contributed by atoms with Crippen molar-refractivity contribution in [2.24, 2.45) is 0 Å². The number of carboxylic acids is 1. The summed E-state index contributed by atoms with van der Waals surface area (Å²) in [5, 5.41) is 12.3. The van der Waals surface area contributed by atoms with Gasteiger partial charge in [0.15, 0.2) is 11.5 Å². The zero-order valence-electron chi connectivity index (χ0n) is 13.3. The van der Waals surface area contributed by atoms with Crippen molar-refractivity contribution in [2.45, 2.75) is 45.7 Å². The minimum atomic E-state index is -0.814. The van der Waals surface area contributed by atoms with E-state index in [4.69, 9.17) is 9.47 Å². The Balaban J connectivity index is 2.81. The number of methoxy groups -OCH3 is 1. The molecule has 22 heavy (non-hydrogen) atoms. The first-order valence-electron chi connectivity index (χ1n) is 7.48. The normalized spacial score (nSPS) is 12.0. The van der Waals surface area contributed by atoms with E-state index >= 15 is 0 Å². The van der Waals surface area contributed by atoms with Gasteiger partial charge in [-0.1, -0.05) is 19.8 Å². The summed E-state index contributed by atoms with van der Waals surface area (Å²) >= 11 is 3.46. The van der Waals surface area contributed by atoms with Crippen LogP contribution in [0.3, 0.4) is 0 Å². The highest BCUT2D eigenvalue weighted by Crippen LogP contribution is 2.36. The lowest BCUT2D eigenvalue weighted by molar-refractivity contribution is -0.139. The zero-order valence-corrected chi connectivity index (χ0v) is 14.9. The molecule has 0 fully saturated rings. The van der Waals surface area contributed by atoms with Gasteiger partial charge >= 0.3 is 5.97 Å².